The van der Waals surface area contributed by atoms with Crippen LogP contribution in [0.1, 0.15) is 30.4 Å². The van der Waals surface area contributed by atoms with E-state index >= 15 is 0 Å². The van der Waals surface area contributed by atoms with Crippen molar-refractivity contribution in [1.29, 1.82) is 5.41 Å². The average molecular weight is 272 g/mol. The number of amidine groups is 1. The number of benzene rings is 1. The second-order valence-corrected chi connectivity index (χ2v) is 6.02. The predicted molar refractivity (Wildman–Crippen MR) is 83.6 cm³/mol. The first kappa shape index (κ1) is 13.4. The summed E-state index contributed by atoms with van der Waals surface area (Å²) in [6.07, 6.45) is 4.00. The van der Waals surface area contributed by atoms with Crippen LogP contribution < -0.4 is 10.6 Å². The zero-order valence-electron chi connectivity index (χ0n) is 12.2. The molecule has 0 aliphatic carbocycles. The molecule has 1 unspecified atom stereocenters. The van der Waals surface area contributed by atoms with E-state index in [2.05, 4.69) is 22.8 Å². The van der Waals surface area contributed by atoms with Gasteiger partial charge in [0.25, 0.3) is 0 Å². The Labute approximate surface area is 121 Å². The summed E-state index contributed by atoms with van der Waals surface area (Å²) < 4.78 is 0. The number of nitrogens with two attached hydrogens (primary N) is 1. The molecule has 0 saturated carbocycles. The Kier molecular flexibility index (Phi) is 3.66. The Hall–Kier alpha value is -1.55. The molecule has 1 atom stereocenters. The quantitative estimate of drug-likeness (QED) is 0.639. The maximum Gasteiger partial charge on any atom is 0.124 e. The van der Waals surface area contributed by atoms with Crippen LogP contribution in [0.25, 0.3) is 0 Å². The van der Waals surface area contributed by atoms with Gasteiger partial charge in [-0.2, -0.15) is 0 Å². The number of anilines is 1. The van der Waals surface area contributed by atoms with Gasteiger partial charge in [-0.05, 0) is 37.9 Å². The largest absolute Gasteiger partial charge is 0.384 e. The van der Waals surface area contributed by atoms with Crippen molar-refractivity contribution in [2.24, 2.45) is 5.73 Å². The maximum absolute atomic E-state index is 7.81. The van der Waals surface area contributed by atoms with Gasteiger partial charge in [-0.25, -0.2) is 0 Å². The molecule has 0 bridgehead atoms. The van der Waals surface area contributed by atoms with E-state index in [4.69, 9.17) is 11.1 Å². The lowest BCUT2D eigenvalue weighted by molar-refractivity contribution is 0.133. The third-order valence-corrected chi connectivity index (χ3v) is 4.68. The zero-order valence-corrected chi connectivity index (χ0v) is 12.2. The number of hydrogen-bond donors (Lipinski definition) is 2. The smallest absolute Gasteiger partial charge is 0.124 e. The van der Waals surface area contributed by atoms with Crippen LogP contribution in [0.3, 0.4) is 0 Å². The summed E-state index contributed by atoms with van der Waals surface area (Å²) in [5.41, 5.74) is 9.05. The molecule has 2 aliphatic heterocycles. The fourth-order valence-corrected chi connectivity index (χ4v) is 3.66. The molecule has 3 rings (SSSR count). The van der Waals surface area contributed by atoms with E-state index in [-0.39, 0.29) is 5.84 Å². The van der Waals surface area contributed by atoms with Gasteiger partial charge in [0.2, 0.25) is 0 Å². The average Bonchev–Trinajstić information content (AvgIpc) is 2.46. The highest BCUT2D eigenvalue weighted by molar-refractivity contribution is 6.01. The van der Waals surface area contributed by atoms with Crippen molar-refractivity contribution in [3.63, 3.8) is 0 Å². The highest BCUT2D eigenvalue weighted by Gasteiger charge is 2.30. The number of hydrogen-bond acceptors (Lipinski definition) is 3. The van der Waals surface area contributed by atoms with E-state index in [9.17, 15) is 0 Å². The first-order chi connectivity index (χ1) is 9.66. The molecule has 1 aromatic carbocycles. The van der Waals surface area contributed by atoms with Crippen LogP contribution in [0.15, 0.2) is 18.2 Å². The minimum atomic E-state index is 0.176. The van der Waals surface area contributed by atoms with E-state index < -0.39 is 0 Å². The molecule has 0 radical (unpaired) electrons. The van der Waals surface area contributed by atoms with Gasteiger partial charge in [-0.1, -0.05) is 18.6 Å². The number of nitrogens with one attached hydrogen (secondary N) is 1. The lowest BCUT2D eigenvalue weighted by atomic mass is 9.97. The molecule has 1 aromatic rings. The lowest BCUT2D eigenvalue weighted by Gasteiger charge is -2.45. The van der Waals surface area contributed by atoms with Gasteiger partial charge in [-0.15, -0.1) is 0 Å². The van der Waals surface area contributed by atoms with Crippen molar-refractivity contribution in [2.45, 2.75) is 32.2 Å². The van der Waals surface area contributed by atoms with Gasteiger partial charge in [0, 0.05) is 31.2 Å². The second-order valence-electron chi connectivity index (χ2n) is 6.02. The fourth-order valence-electron chi connectivity index (χ4n) is 3.66. The number of aryl methyl sites for hydroxylation is 1. The van der Waals surface area contributed by atoms with E-state index in [0.717, 1.165) is 25.2 Å². The molecule has 20 heavy (non-hydrogen) atoms. The van der Waals surface area contributed by atoms with Crippen molar-refractivity contribution in [2.75, 3.05) is 31.1 Å². The third-order valence-electron chi connectivity index (χ3n) is 4.68. The highest BCUT2D eigenvalue weighted by atomic mass is 15.3. The van der Waals surface area contributed by atoms with Gasteiger partial charge in [0.15, 0.2) is 0 Å². The molecule has 4 nitrogen and oxygen atoms in total. The third kappa shape index (κ3) is 2.40. The summed E-state index contributed by atoms with van der Waals surface area (Å²) in [5, 5.41) is 7.81. The van der Waals surface area contributed by atoms with Gasteiger partial charge < -0.3 is 10.6 Å². The van der Waals surface area contributed by atoms with Gasteiger partial charge >= 0.3 is 0 Å². The number of piperazine rings is 1. The molecule has 2 fully saturated rings. The van der Waals surface area contributed by atoms with Crippen molar-refractivity contribution < 1.29 is 0 Å². The number of rotatable bonds is 2. The first-order valence-corrected chi connectivity index (χ1v) is 7.60. The number of fused-ring (bicyclic) bond motifs is 1. The van der Waals surface area contributed by atoms with Crippen LogP contribution in [0.2, 0.25) is 0 Å². The number of nitrogen functional groups attached to an aromatic ring is 1. The summed E-state index contributed by atoms with van der Waals surface area (Å²) in [6, 6.07) is 6.76. The number of nitrogens with zero attached hydrogens (tertiary/aromatic N) is 2. The zero-order chi connectivity index (χ0) is 14.1. The molecule has 2 saturated heterocycles. The molecule has 2 aliphatic rings. The minimum absolute atomic E-state index is 0.176. The summed E-state index contributed by atoms with van der Waals surface area (Å²) in [6.45, 7) is 6.63. The van der Waals surface area contributed by atoms with Crippen LogP contribution in [0.5, 0.6) is 0 Å². The Bertz CT molecular complexity index is 511. The summed E-state index contributed by atoms with van der Waals surface area (Å²) in [5.74, 6) is 0.176. The van der Waals surface area contributed by atoms with Crippen LogP contribution in [0.4, 0.5) is 5.69 Å². The summed E-state index contributed by atoms with van der Waals surface area (Å²) in [7, 11) is 0. The Morgan fingerprint density at radius 2 is 2.10 bits per heavy atom. The van der Waals surface area contributed by atoms with Crippen molar-refractivity contribution in [3.05, 3.63) is 29.3 Å². The summed E-state index contributed by atoms with van der Waals surface area (Å²) >= 11 is 0. The first-order valence-electron chi connectivity index (χ1n) is 7.60. The van der Waals surface area contributed by atoms with Crippen molar-refractivity contribution in [1.82, 2.24) is 4.90 Å². The number of piperidine rings is 1. The van der Waals surface area contributed by atoms with E-state index in [1.807, 2.05) is 12.1 Å². The van der Waals surface area contributed by atoms with Gasteiger partial charge in [0.05, 0.1) is 5.69 Å². The van der Waals surface area contributed by atoms with Crippen LogP contribution in [-0.4, -0.2) is 43.0 Å². The van der Waals surface area contributed by atoms with E-state index in [0.29, 0.717) is 6.04 Å². The van der Waals surface area contributed by atoms with Gasteiger partial charge in [0.1, 0.15) is 5.84 Å². The molecular formula is C16H24N4. The van der Waals surface area contributed by atoms with E-state index in [1.165, 1.54) is 37.1 Å². The van der Waals surface area contributed by atoms with Crippen LogP contribution in [-0.2, 0) is 0 Å². The molecule has 108 valence electrons. The molecule has 0 spiro atoms. The SMILES string of the molecule is Cc1cccc(C(=N)N)c1N1CCN2CCCCC2C1. The molecule has 3 N–H and O–H groups in total. The standard InChI is InChI=1S/C16H24N4/c1-12-5-4-7-14(16(17)18)15(12)20-10-9-19-8-3-2-6-13(19)11-20/h4-5,7,13H,2-3,6,8-11H2,1H3,(H3,17,18). The molecule has 4 heteroatoms. The minimum Gasteiger partial charge on any atom is -0.384 e. The van der Waals surface area contributed by atoms with E-state index in [1.54, 1.807) is 0 Å². The fraction of sp³-hybridized carbons (Fsp3) is 0.562. The van der Waals surface area contributed by atoms with Crippen LogP contribution in [0, 0.1) is 12.3 Å². The highest BCUT2D eigenvalue weighted by Crippen LogP contribution is 2.29. The molecule has 2 heterocycles. The molecule has 0 aromatic heterocycles. The lowest BCUT2D eigenvalue weighted by Crippen LogP contribution is -2.55. The Morgan fingerprint density at radius 3 is 2.90 bits per heavy atom. The van der Waals surface area contributed by atoms with Crippen LogP contribution >= 0.6 is 0 Å². The Morgan fingerprint density at radius 1 is 1.25 bits per heavy atom. The number of para-hydroxylation sites is 1. The normalized spacial score (nSPS) is 23.4. The maximum atomic E-state index is 7.81. The summed E-state index contributed by atoms with van der Waals surface area (Å²) in [4.78, 5) is 5.07. The molecular weight excluding hydrogens is 248 g/mol. The van der Waals surface area contributed by atoms with Crippen molar-refractivity contribution in [3.8, 4) is 0 Å². The molecule has 0 amide bonds. The van der Waals surface area contributed by atoms with Gasteiger partial charge in [-0.3, -0.25) is 10.3 Å². The predicted octanol–water partition coefficient (Wildman–Crippen LogP) is 1.95. The topological polar surface area (TPSA) is 56.4 Å². The monoisotopic (exact) mass is 272 g/mol. The Balaban J connectivity index is 1.88. The van der Waals surface area contributed by atoms with Crippen molar-refractivity contribution >= 4 is 11.5 Å². The second kappa shape index (κ2) is 5.44.